The van der Waals surface area contributed by atoms with Crippen LogP contribution in [0.25, 0.3) is 0 Å². The molecule has 1 aromatic heterocycles. The number of H-pyrrole nitrogens is 1. The van der Waals surface area contributed by atoms with Crippen LogP contribution in [0.5, 0.6) is 0 Å². The Morgan fingerprint density at radius 1 is 1.22 bits per heavy atom. The van der Waals surface area contributed by atoms with E-state index >= 15 is 0 Å². The zero-order chi connectivity index (χ0) is 13.2. The molecule has 0 fully saturated rings. The number of hydrogen-bond acceptors (Lipinski definition) is 3. The number of nitrogens with one attached hydrogen (secondary N) is 1. The van der Waals surface area contributed by atoms with Crippen LogP contribution in [0.3, 0.4) is 0 Å². The van der Waals surface area contributed by atoms with Crippen LogP contribution in [-0.2, 0) is 10.0 Å². The van der Waals surface area contributed by atoms with Crippen molar-refractivity contribution in [3.63, 3.8) is 0 Å². The highest BCUT2D eigenvalue weighted by molar-refractivity contribution is 7.92. The van der Waals surface area contributed by atoms with Crippen molar-refractivity contribution in [2.45, 2.75) is 18.9 Å². The van der Waals surface area contributed by atoms with E-state index in [4.69, 9.17) is 0 Å². The van der Waals surface area contributed by atoms with E-state index in [0.29, 0.717) is 12.2 Å². The van der Waals surface area contributed by atoms with Gasteiger partial charge < -0.3 is 0 Å². The SMILES string of the molecule is CCN(c1ccc(C)cc1)S(=O)(=O)c1ccn[nH]1. The lowest BCUT2D eigenvalue weighted by atomic mass is 10.2. The van der Waals surface area contributed by atoms with Crippen LogP contribution in [0.2, 0.25) is 0 Å². The maximum Gasteiger partial charge on any atom is 0.281 e. The summed E-state index contributed by atoms with van der Waals surface area (Å²) in [5.41, 5.74) is 1.74. The van der Waals surface area contributed by atoms with Gasteiger partial charge in [-0.15, -0.1) is 0 Å². The average Bonchev–Trinajstić information content (AvgIpc) is 2.86. The van der Waals surface area contributed by atoms with Gasteiger partial charge in [0.25, 0.3) is 10.0 Å². The number of hydrogen-bond donors (Lipinski definition) is 1. The Balaban J connectivity index is 2.43. The molecule has 96 valence electrons. The fourth-order valence-corrected chi connectivity index (χ4v) is 3.09. The minimum atomic E-state index is -3.56. The Bertz CT molecular complexity index is 603. The standard InChI is InChI=1S/C12H15N3O2S/c1-3-15(11-6-4-10(2)5-7-11)18(16,17)12-8-9-13-14-12/h4-9H,3H2,1-2H3,(H,13,14). The maximum atomic E-state index is 12.4. The molecule has 0 spiro atoms. The van der Waals surface area contributed by atoms with E-state index in [1.165, 1.54) is 16.6 Å². The Labute approximate surface area is 107 Å². The van der Waals surface area contributed by atoms with Gasteiger partial charge in [0.05, 0.1) is 11.9 Å². The van der Waals surface area contributed by atoms with Gasteiger partial charge in [-0.3, -0.25) is 9.40 Å². The van der Waals surface area contributed by atoms with E-state index in [1.807, 2.05) is 19.1 Å². The van der Waals surface area contributed by atoms with Crippen LogP contribution >= 0.6 is 0 Å². The van der Waals surface area contributed by atoms with E-state index in [9.17, 15) is 8.42 Å². The molecule has 18 heavy (non-hydrogen) atoms. The third kappa shape index (κ3) is 2.24. The quantitative estimate of drug-likeness (QED) is 0.918. The Morgan fingerprint density at radius 3 is 2.39 bits per heavy atom. The first-order chi connectivity index (χ1) is 8.55. The van der Waals surface area contributed by atoms with Crippen molar-refractivity contribution in [1.29, 1.82) is 0 Å². The van der Waals surface area contributed by atoms with E-state index in [1.54, 1.807) is 19.1 Å². The molecule has 0 aliphatic rings. The molecule has 5 nitrogen and oxygen atoms in total. The predicted molar refractivity (Wildman–Crippen MR) is 70.0 cm³/mol. The third-order valence-electron chi connectivity index (χ3n) is 2.65. The number of aromatic amines is 1. The van der Waals surface area contributed by atoms with Crippen molar-refractivity contribution < 1.29 is 8.42 Å². The molecule has 0 aliphatic heterocycles. The summed E-state index contributed by atoms with van der Waals surface area (Å²) in [5, 5.41) is 6.28. The number of anilines is 1. The lowest BCUT2D eigenvalue weighted by Gasteiger charge is -2.21. The maximum absolute atomic E-state index is 12.4. The fraction of sp³-hybridized carbons (Fsp3) is 0.250. The summed E-state index contributed by atoms with van der Waals surface area (Å²) in [6, 6.07) is 8.83. The van der Waals surface area contributed by atoms with Crippen LogP contribution in [-0.4, -0.2) is 25.2 Å². The van der Waals surface area contributed by atoms with Crippen LogP contribution in [0, 0.1) is 6.92 Å². The number of rotatable bonds is 4. The molecule has 1 heterocycles. The van der Waals surface area contributed by atoms with Crippen LogP contribution in [0.15, 0.2) is 41.6 Å². The van der Waals surface area contributed by atoms with Crippen LogP contribution in [0.4, 0.5) is 5.69 Å². The smallest absolute Gasteiger partial charge is 0.266 e. The molecule has 1 aromatic carbocycles. The van der Waals surface area contributed by atoms with Crippen LogP contribution < -0.4 is 4.31 Å². The first-order valence-electron chi connectivity index (χ1n) is 5.64. The molecular formula is C12H15N3O2S. The Morgan fingerprint density at radius 2 is 1.89 bits per heavy atom. The molecule has 0 amide bonds. The zero-order valence-electron chi connectivity index (χ0n) is 10.3. The molecule has 0 saturated carbocycles. The molecule has 2 rings (SSSR count). The first kappa shape index (κ1) is 12.6. The number of benzene rings is 1. The summed E-state index contributed by atoms with van der Waals surface area (Å²) in [6.45, 7) is 4.13. The monoisotopic (exact) mass is 265 g/mol. The van der Waals surface area contributed by atoms with Gasteiger partial charge in [0.1, 0.15) is 0 Å². The van der Waals surface area contributed by atoms with Gasteiger partial charge in [0, 0.05) is 6.54 Å². The fourth-order valence-electron chi connectivity index (χ4n) is 1.71. The van der Waals surface area contributed by atoms with Gasteiger partial charge >= 0.3 is 0 Å². The lowest BCUT2D eigenvalue weighted by Crippen LogP contribution is -2.31. The van der Waals surface area contributed by atoms with E-state index in [0.717, 1.165) is 5.56 Å². The van der Waals surface area contributed by atoms with Crippen molar-refractivity contribution in [3.8, 4) is 0 Å². The topological polar surface area (TPSA) is 66.1 Å². The summed E-state index contributed by atoms with van der Waals surface area (Å²) in [6.07, 6.45) is 1.43. The van der Waals surface area contributed by atoms with Crippen molar-refractivity contribution in [1.82, 2.24) is 10.2 Å². The van der Waals surface area contributed by atoms with Gasteiger partial charge in [0.15, 0.2) is 5.03 Å². The summed E-state index contributed by atoms with van der Waals surface area (Å²) >= 11 is 0. The van der Waals surface area contributed by atoms with Gasteiger partial charge in [-0.2, -0.15) is 13.5 Å². The highest BCUT2D eigenvalue weighted by Crippen LogP contribution is 2.22. The summed E-state index contributed by atoms with van der Waals surface area (Å²) in [7, 11) is -3.56. The highest BCUT2D eigenvalue weighted by Gasteiger charge is 2.24. The molecule has 0 bridgehead atoms. The lowest BCUT2D eigenvalue weighted by molar-refractivity contribution is 0.587. The van der Waals surface area contributed by atoms with Crippen molar-refractivity contribution in [3.05, 3.63) is 42.1 Å². The van der Waals surface area contributed by atoms with Gasteiger partial charge in [0.2, 0.25) is 0 Å². The molecule has 1 N–H and O–H groups in total. The molecule has 0 unspecified atom stereocenters. The Kier molecular flexibility index (Phi) is 3.38. The molecular weight excluding hydrogens is 250 g/mol. The van der Waals surface area contributed by atoms with Crippen molar-refractivity contribution in [2.24, 2.45) is 0 Å². The van der Waals surface area contributed by atoms with Gasteiger partial charge in [-0.1, -0.05) is 17.7 Å². The number of nitrogens with zero attached hydrogens (tertiary/aromatic N) is 2. The van der Waals surface area contributed by atoms with E-state index < -0.39 is 10.0 Å². The molecule has 0 saturated heterocycles. The number of aryl methyl sites for hydroxylation is 1. The summed E-state index contributed by atoms with van der Waals surface area (Å²) < 4.78 is 26.1. The second-order valence-corrected chi connectivity index (χ2v) is 5.76. The highest BCUT2D eigenvalue weighted by atomic mass is 32.2. The third-order valence-corrected chi connectivity index (χ3v) is 4.48. The Hall–Kier alpha value is -1.82. The minimum Gasteiger partial charge on any atom is -0.266 e. The molecule has 0 radical (unpaired) electrons. The van der Waals surface area contributed by atoms with Crippen molar-refractivity contribution in [2.75, 3.05) is 10.8 Å². The molecule has 0 aliphatic carbocycles. The van der Waals surface area contributed by atoms with Gasteiger partial charge in [-0.05, 0) is 32.0 Å². The molecule has 6 heteroatoms. The van der Waals surface area contributed by atoms with E-state index in [-0.39, 0.29) is 5.03 Å². The second-order valence-electron chi connectivity index (χ2n) is 3.93. The average molecular weight is 265 g/mol. The summed E-state index contributed by atoms with van der Waals surface area (Å²) in [5.74, 6) is 0. The molecule has 2 aromatic rings. The second kappa shape index (κ2) is 4.81. The minimum absolute atomic E-state index is 0.102. The zero-order valence-corrected chi connectivity index (χ0v) is 11.1. The van der Waals surface area contributed by atoms with E-state index in [2.05, 4.69) is 10.2 Å². The first-order valence-corrected chi connectivity index (χ1v) is 7.08. The molecule has 0 atom stereocenters. The predicted octanol–water partition coefficient (Wildman–Crippen LogP) is 1.93. The number of sulfonamides is 1. The van der Waals surface area contributed by atoms with Gasteiger partial charge in [-0.25, -0.2) is 0 Å². The van der Waals surface area contributed by atoms with Crippen molar-refractivity contribution >= 4 is 15.7 Å². The number of aromatic nitrogens is 2. The normalized spacial score (nSPS) is 11.4. The largest absolute Gasteiger partial charge is 0.281 e. The summed E-state index contributed by atoms with van der Waals surface area (Å²) in [4.78, 5) is 0. The van der Waals surface area contributed by atoms with Crippen LogP contribution in [0.1, 0.15) is 12.5 Å².